The second-order valence-electron chi connectivity index (χ2n) is 5.48. The van der Waals surface area contributed by atoms with Crippen LogP contribution in [0.2, 0.25) is 0 Å². The first-order valence-corrected chi connectivity index (χ1v) is 7.31. The first kappa shape index (κ1) is 14.8. The van der Waals surface area contributed by atoms with Crippen LogP contribution >= 0.6 is 0 Å². The minimum absolute atomic E-state index is 0.0451. The van der Waals surface area contributed by atoms with E-state index in [4.69, 9.17) is 4.74 Å². The summed E-state index contributed by atoms with van der Waals surface area (Å²) in [5.41, 5.74) is 0. The summed E-state index contributed by atoms with van der Waals surface area (Å²) in [6.07, 6.45) is 2.24. The molecule has 0 radical (unpaired) electrons. The largest absolute Gasteiger partial charge is 0.481 e. The molecule has 1 amide bonds. The number of amides is 1. The van der Waals surface area contributed by atoms with Crippen LogP contribution in [0.25, 0.3) is 0 Å². The van der Waals surface area contributed by atoms with Crippen LogP contribution in [0.1, 0.15) is 33.1 Å². The van der Waals surface area contributed by atoms with Gasteiger partial charge >= 0.3 is 0 Å². The molecule has 3 nitrogen and oxygen atoms in total. The smallest absolute Gasteiger partial charge is 0.263 e. The van der Waals surface area contributed by atoms with Gasteiger partial charge in [0, 0.05) is 13.1 Å². The minimum Gasteiger partial charge on any atom is -0.481 e. The van der Waals surface area contributed by atoms with E-state index in [1.54, 1.807) is 12.1 Å². The number of benzene rings is 1. The number of halogens is 1. The summed E-state index contributed by atoms with van der Waals surface area (Å²) >= 11 is 0. The Bertz CT molecular complexity index is 438. The predicted octanol–water partition coefficient (Wildman–Crippen LogP) is 3.24. The lowest BCUT2D eigenvalue weighted by molar-refractivity contribution is -0.140. The summed E-state index contributed by atoms with van der Waals surface area (Å²) in [7, 11) is 0. The number of rotatable bonds is 4. The van der Waals surface area contributed by atoms with E-state index in [0.29, 0.717) is 18.1 Å². The Labute approximate surface area is 119 Å². The van der Waals surface area contributed by atoms with E-state index < -0.39 is 6.10 Å². The molecule has 2 rings (SSSR count). The van der Waals surface area contributed by atoms with Crippen molar-refractivity contribution in [3.8, 4) is 5.75 Å². The molecule has 4 heteroatoms. The summed E-state index contributed by atoms with van der Waals surface area (Å²) < 4.78 is 18.6. The lowest BCUT2D eigenvalue weighted by Crippen LogP contribution is -2.45. The molecular weight excluding hydrogens is 257 g/mol. The molecule has 1 aromatic carbocycles. The molecule has 1 atom stereocenters. The Kier molecular flexibility index (Phi) is 4.99. The third-order valence-corrected chi connectivity index (χ3v) is 3.83. The Hall–Kier alpha value is -1.58. The van der Waals surface area contributed by atoms with Gasteiger partial charge < -0.3 is 9.64 Å². The second-order valence-corrected chi connectivity index (χ2v) is 5.48. The normalized spacial score (nSPS) is 17.9. The summed E-state index contributed by atoms with van der Waals surface area (Å²) in [5, 5.41) is 0. The number of piperidine rings is 1. The molecule has 1 aliphatic heterocycles. The maximum absolute atomic E-state index is 12.9. The topological polar surface area (TPSA) is 29.5 Å². The standard InChI is InChI=1S/C16H22FNO2/c1-3-15(20-14-6-4-13(17)5-7-14)16(19)18-10-8-12(2)9-11-18/h4-7,12,15H,3,8-11H2,1-2H3. The highest BCUT2D eigenvalue weighted by Crippen LogP contribution is 2.20. The quantitative estimate of drug-likeness (QED) is 0.846. The minimum atomic E-state index is -0.478. The average Bonchev–Trinajstić information content (AvgIpc) is 2.47. The zero-order valence-electron chi connectivity index (χ0n) is 12.1. The van der Waals surface area contributed by atoms with Crippen molar-refractivity contribution in [3.05, 3.63) is 30.1 Å². The van der Waals surface area contributed by atoms with Crippen molar-refractivity contribution in [2.75, 3.05) is 13.1 Å². The van der Waals surface area contributed by atoms with Gasteiger partial charge in [0.2, 0.25) is 0 Å². The van der Waals surface area contributed by atoms with Gasteiger partial charge in [-0.1, -0.05) is 13.8 Å². The van der Waals surface area contributed by atoms with Gasteiger partial charge in [0.15, 0.2) is 6.10 Å². The van der Waals surface area contributed by atoms with Crippen LogP contribution in [0, 0.1) is 11.7 Å². The van der Waals surface area contributed by atoms with E-state index in [1.807, 2.05) is 11.8 Å². The van der Waals surface area contributed by atoms with Gasteiger partial charge in [0.1, 0.15) is 11.6 Å². The SMILES string of the molecule is CCC(Oc1ccc(F)cc1)C(=O)N1CCC(C)CC1. The fourth-order valence-electron chi connectivity index (χ4n) is 2.42. The number of ether oxygens (including phenoxy) is 1. The molecule has 1 aromatic rings. The molecule has 1 fully saturated rings. The highest BCUT2D eigenvalue weighted by atomic mass is 19.1. The maximum Gasteiger partial charge on any atom is 0.263 e. The van der Waals surface area contributed by atoms with Crippen molar-refractivity contribution in [1.82, 2.24) is 4.90 Å². The number of hydrogen-bond donors (Lipinski definition) is 0. The lowest BCUT2D eigenvalue weighted by atomic mass is 9.99. The van der Waals surface area contributed by atoms with E-state index in [-0.39, 0.29) is 11.7 Å². The molecule has 0 bridgehead atoms. The molecule has 0 aromatic heterocycles. The summed E-state index contributed by atoms with van der Waals surface area (Å²) in [5.74, 6) is 0.972. The van der Waals surface area contributed by atoms with Crippen molar-refractivity contribution in [2.24, 2.45) is 5.92 Å². The lowest BCUT2D eigenvalue weighted by Gasteiger charge is -2.32. The molecule has 20 heavy (non-hydrogen) atoms. The average molecular weight is 279 g/mol. The van der Waals surface area contributed by atoms with Crippen molar-refractivity contribution in [1.29, 1.82) is 0 Å². The fourth-order valence-corrected chi connectivity index (χ4v) is 2.42. The van der Waals surface area contributed by atoms with E-state index in [0.717, 1.165) is 25.9 Å². The van der Waals surface area contributed by atoms with Crippen LogP contribution in [-0.2, 0) is 4.79 Å². The van der Waals surface area contributed by atoms with Gasteiger partial charge in [0.05, 0.1) is 0 Å². The predicted molar refractivity (Wildman–Crippen MR) is 76.1 cm³/mol. The zero-order valence-corrected chi connectivity index (χ0v) is 12.1. The van der Waals surface area contributed by atoms with E-state index in [9.17, 15) is 9.18 Å². The summed E-state index contributed by atoms with van der Waals surface area (Å²) in [6, 6.07) is 5.80. The van der Waals surface area contributed by atoms with Gasteiger partial charge in [-0.15, -0.1) is 0 Å². The highest BCUT2D eigenvalue weighted by molar-refractivity contribution is 5.81. The molecule has 1 saturated heterocycles. The van der Waals surface area contributed by atoms with Crippen molar-refractivity contribution < 1.29 is 13.9 Å². The molecule has 1 heterocycles. The van der Waals surface area contributed by atoms with Crippen LogP contribution in [0.3, 0.4) is 0 Å². The van der Waals surface area contributed by atoms with Crippen molar-refractivity contribution >= 4 is 5.91 Å². The second kappa shape index (κ2) is 6.73. The molecule has 1 unspecified atom stereocenters. The molecule has 0 saturated carbocycles. The number of likely N-dealkylation sites (tertiary alicyclic amines) is 1. The van der Waals surface area contributed by atoms with Crippen LogP contribution in [0.15, 0.2) is 24.3 Å². The molecule has 110 valence electrons. The monoisotopic (exact) mass is 279 g/mol. The number of carbonyl (C=O) groups is 1. The molecule has 0 N–H and O–H groups in total. The van der Waals surface area contributed by atoms with E-state index in [1.165, 1.54) is 12.1 Å². The fraction of sp³-hybridized carbons (Fsp3) is 0.562. The van der Waals surface area contributed by atoms with Gasteiger partial charge in [-0.3, -0.25) is 4.79 Å². The van der Waals surface area contributed by atoms with Gasteiger partial charge in [-0.25, -0.2) is 4.39 Å². The Morgan fingerprint density at radius 1 is 1.35 bits per heavy atom. The van der Waals surface area contributed by atoms with E-state index >= 15 is 0 Å². The van der Waals surface area contributed by atoms with E-state index in [2.05, 4.69) is 6.92 Å². The third kappa shape index (κ3) is 3.71. The Morgan fingerprint density at radius 2 is 1.95 bits per heavy atom. The Morgan fingerprint density at radius 3 is 2.50 bits per heavy atom. The van der Waals surface area contributed by atoms with Crippen LogP contribution in [0.5, 0.6) is 5.75 Å². The first-order chi connectivity index (χ1) is 9.60. The highest BCUT2D eigenvalue weighted by Gasteiger charge is 2.27. The van der Waals surface area contributed by atoms with Crippen LogP contribution in [-0.4, -0.2) is 30.0 Å². The molecule has 0 aliphatic carbocycles. The molecule has 0 spiro atoms. The van der Waals surface area contributed by atoms with Gasteiger partial charge in [-0.2, -0.15) is 0 Å². The van der Waals surface area contributed by atoms with Crippen LogP contribution < -0.4 is 4.74 Å². The Balaban J connectivity index is 1.97. The molecule has 1 aliphatic rings. The van der Waals surface area contributed by atoms with Gasteiger partial charge in [-0.05, 0) is 49.4 Å². The van der Waals surface area contributed by atoms with Gasteiger partial charge in [0.25, 0.3) is 5.91 Å². The van der Waals surface area contributed by atoms with Crippen LogP contribution in [0.4, 0.5) is 4.39 Å². The third-order valence-electron chi connectivity index (χ3n) is 3.83. The van der Waals surface area contributed by atoms with Crippen molar-refractivity contribution in [3.63, 3.8) is 0 Å². The molecular formula is C16H22FNO2. The zero-order chi connectivity index (χ0) is 14.5. The maximum atomic E-state index is 12.9. The number of hydrogen-bond acceptors (Lipinski definition) is 2. The van der Waals surface area contributed by atoms with Crippen molar-refractivity contribution in [2.45, 2.75) is 39.2 Å². The summed E-state index contributed by atoms with van der Waals surface area (Å²) in [6.45, 7) is 5.76. The summed E-state index contributed by atoms with van der Waals surface area (Å²) in [4.78, 5) is 14.3. The number of nitrogens with zero attached hydrogens (tertiary/aromatic N) is 1. The first-order valence-electron chi connectivity index (χ1n) is 7.31. The number of carbonyl (C=O) groups excluding carboxylic acids is 1.